The van der Waals surface area contributed by atoms with Crippen LogP contribution >= 0.6 is 15.9 Å². The zero-order valence-corrected chi connectivity index (χ0v) is 11.7. The molecule has 1 aromatic carbocycles. The number of hydrogen-bond donors (Lipinski definition) is 2. The Balaban J connectivity index is 1.97. The van der Waals surface area contributed by atoms with E-state index in [-0.39, 0.29) is 5.82 Å². The van der Waals surface area contributed by atoms with Crippen molar-refractivity contribution in [3.05, 3.63) is 46.1 Å². The highest BCUT2D eigenvalue weighted by atomic mass is 79.9. The van der Waals surface area contributed by atoms with Gasteiger partial charge in [0.1, 0.15) is 18.0 Å². The molecule has 0 saturated carbocycles. The van der Waals surface area contributed by atoms with Gasteiger partial charge in [-0.2, -0.15) is 0 Å². The Morgan fingerprint density at radius 1 is 1.32 bits per heavy atom. The minimum atomic E-state index is -0.306. The second kappa shape index (κ2) is 5.22. The topological polar surface area (TPSA) is 49.8 Å². The van der Waals surface area contributed by atoms with E-state index in [1.54, 1.807) is 12.1 Å². The van der Waals surface area contributed by atoms with Crippen LogP contribution in [0.25, 0.3) is 0 Å². The van der Waals surface area contributed by atoms with Crippen LogP contribution < -0.4 is 10.6 Å². The van der Waals surface area contributed by atoms with Gasteiger partial charge < -0.3 is 10.6 Å². The SMILES string of the molecule is Fc1ccc(Br)cc1Nc1ncnc2c1CNCC2. The van der Waals surface area contributed by atoms with Crippen LogP contribution in [-0.2, 0) is 13.0 Å². The highest BCUT2D eigenvalue weighted by Gasteiger charge is 2.16. The van der Waals surface area contributed by atoms with Crippen LogP contribution in [0.5, 0.6) is 0 Å². The predicted molar refractivity (Wildman–Crippen MR) is 74.8 cm³/mol. The summed E-state index contributed by atoms with van der Waals surface area (Å²) in [4.78, 5) is 8.48. The van der Waals surface area contributed by atoms with Crippen molar-refractivity contribution in [3.63, 3.8) is 0 Å². The number of aromatic nitrogens is 2. The third-order valence-electron chi connectivity index (χ3n) is 3.06. The van der Waals surface area contributed by atoms with Gasteiger partial charge in [0.05, 0.1) is 11.4 Å². The molecule has 0 aliphatic carbocycles. The summed E-state index contributed by atoms with van der Waals surface area (Å²) < 4.78 is 14.6. The summed E-state index contributed by atoms with van der Waals surface area (Å²) in [6, 6.07) is 4.77. The van der Waals surface area contributed by atoms with E-state index >= 15 is 0 Å². The van der Waals surface area contributed by atoms with Crippen molar-refractivity contribution in [3.8, 4) is 0 Å². The Kier molecular flexibility index (Phi) is 3.44. The first-order valence-electron chi connectivity index (χ1n) is 5.99. The molecule has 0 saturated heterocycles. The average Bonchev–Trinajstić information content (AvgIpc) is 2.43. The van der Waals surface area contributed by atoms with Gasteiger partial charge in [0.25, 0.3) is 0 Å². The van der Waals surface area contributed by atoms with Gasteiger partial charge in [-0.3, -0.25) is 0 Å². The molecular formula is C13H12BrFN4. The van der Waals surface area contributed by atoms with Crippen molar-refractivity contribution in [2.24, 2.45) is 0 Å². The van der Waals surface area contributed by atoms with Crippen LogP contribution in [0.2, 0.25) is 0 Å². The zero-order chi connectivity index (χ0) is 13.2. The summed E-state index contributed by atoms with van der Waals surface area (Å²) in [5.41, 5.74) is 2.43. The largest absolute Gasteiger partial charge is 0.337 e. The zero-order valence-electron chi connectivity index (χ0n) is 10.1. The fraction of sp³-hybridized carbons (Fsp3) is 0.231. The van der Waals surface area contributed by atoms with Crippen molar-refractivity contribution < 1.29 is 4.39 Å². The second-order valence-corrected chi connectivity index (χ2v) is 5.24. The maximum absolute atomic E-state index is 13.7. The molecule has 4 nitrogen and oxygen atoms in total. The number of hydrogen-bond acceptors (Lipinski definition) is 4. The van der Waals surface area contributed by atoms with Gasteiger partial charge in [0, 0.05) is 29.5 Å². The lowest BCUT2D eigenvalue weighted by atomic mass is 10.1. The first-order chi connectivity index (χ1) is 9.24. The summed E-state index contributed by atoms with van der Waals surface area (Å²) in [5, 5.41) is 6.32. The molecule has 0 bridgehead atoms. The molecule has 0 radical (unpaired) electrons. The van der Waals surface area contributed by atoms with E-state index < -0.39 is 0 Å². The number of nitrogens with one attached hydrogen (secondary N) is 2. The molecule has 6 heteroatoms. The van der Waals surface area contributed by atoms with Gasteiger partial charge >= 0.3 is 0 Å². The quantitative estimate of drug-likeness (QED) is 0.892. The third-order valence-corrected chi connectivity index (χ3v) is 3.55. The summed E-state index contributed by atoms with van der Waals surface area (Å²) in [6.07, 6.45) is 2.38. The van der Waals surface area contributed by atoms with Crippen LogP contribution in [0.1, 0.15) is 11.3 Å². The fourth-order valence-corrected chi connectivity index (χ4v) is 2.46. The smallest absolute Gasteiger partial charge is 0.146 e. The lowest BCUT2D eigenvalue weighted by molar-refractivity contribution is 0.624. The van der Waals surface area contributed by atoms with Crippen molar-refractivity contribution >= 4 is 27.4 Å². The van der Waals surface area contributed by atoms with Crippen LogP contribution in [0.3, 0.4) is 0 Å². The van der Waals surface area contributed by atoms with E-state index in [2.05, 4.69) is 36.5 Å². The monoisotopic (exact) mass is 322 g/mol. The highest BCUT2D eigenvalue weighted by Crippen LogP contribution is 2.26. The minimum absolute atomic E-state index is 0.306. The summed E-state index contributed by atoms with van der Waals surface area (Å²) >= 11 is 3.33. The molecule has 2 aromatic rings. The van der Waals surface area contributed by atoms with Gasteiger partial charge in [-0.1, -0.05) is 15.9 Å². The van der Waals surface area contributed by atoms with Gasteiger partial charge in [-0.05, 0) is 18.2 Å². The van der Waals surface area contributed by atoms with Crippen molar-refractivity contribution in [1.82, 2.24) is 15.3 Å². The molecule has 1 aliphatic heterocycles. The molecule has 98 valence electrons. The lowest BCUT2D eigenvalue weighted by Crippen LogP contribution is -2.25. The van der Waals surface area contributed by atoms with Crippen molar-refractivity contribution in [2.45, 2.75) is 13.0 Å². The molecule has 0 fully saturated rings. The van der Waals surface area contributed by atoms with Crippen LogP contribution in [-0.4, -0.2) is 16.5 Å². The fourth-order valence-electron chi connectivity index (χ4n) is 2.10. The molecule has 2 N–H and O–H groups in total. The molecule has 1 aromatic heterocycles. The Morgan fingerprint density at radius 3 is 3.11 bits per heavy atom. The maximum Gasteiger partial charge on any atom is 0.146 e. The van der Waals surface area contributed by atoms with E-state index in [0.717, 1.165) is 28.7 Å². The van der Waals surface area contributed by atoms with Crippen molar-refractivity contribution in [2.75, 3.05) is 11.9 Å². The number of benzene rings is 1. The van der Waals surface area contributed by atoms with Crippen LogP contribution in [0, 0.1) is 5.82 Å². The number of anilines is 2. The number of rotatable bonds is 2. The number of nitrogens with zero attached hydrogens (tertiary/aromatic N) is 2. The lowest BCUT2D eigenvalue weighted by Gasteiger charge is -2.19. The second-order valence-electron chi connectivity index (χ2n) is 4.32. The Hall–Kier alpha value is -1.53. The molecule has 0 atom stereocenters. The minimum Gasteiger partial charge on any atom is -0.337 e. The summed E-state index contributed by atoms with van der Waals surface area (Å²) in [7, 11) is 0. The van der Waals surface area contributed by atoms with Crippen molar-refractivity contribution in [1.29, 1.82) is 0 Å². The first kappa shape index (κ1) is 12.5. The molecule has 19 heavy (non-hydrogen) atoms. The van der Waals surface area contributed by atoms with E-state index in [9.17, 15) is 4.39 Å². The first-order valence-corrected chi connectivity index (χ1v) is 6.79. The number of halogens is 2. The third kappa shape index (κ3) is 2.59. The van der Waals surface area contributed by atoms with E-state index in [1.807, 2.05) is 0 Å². The van der Waals surface area contributed by atoms with Crippen LogP contribution in [0.15, 0.2) is 29.0 Å². The summed E-state index contributed by atoms with van der Waals surface area (Å²) in [6.45, 7) is 1.61. The van der Waals surface area contributed by atoms with E-state index in [4.69, 9.17) is 0 Å². The van der Waals surface area contributed by atoms with Gasteiger partial charge in [-0.25, -0.2) is 14.4 Å². The molecule has 0 unspecified atom stereocenters. The van der Waals surface area contributed by atoms with Gasteiger partial charge in [-0.15, -0.1) is 0 Å². The molecular weight excluding hydrogens is 311 g/mol. The molecule has 1 aliphatic rings. The van der Waals surface area contributed by atoms with Gasteiger partial charge in [0.15, 0.2) is 0 Å². The Labute approximate surface area is 118 Å². The van der Waals surface area contributed by atoms with E-state index in [1.165, 1.54) is 12.4 Å². The maximum atomic E-state index is 13.7. The standard InChI is InChI=1S/C13H12BrFN4/c14-8-1-2-10(15)12(5-8)19-13-9-6-16-4-3-11(9)17-7-18-13/h1-2,5,7,16H,3-4,6H2,(H,17,18,19). The Morgan fingerprint density at radius 2 is 2.21 bits per heavy atom. The van der Waals surface area contributed by atoms with Gasteiger partial charge in [0.2, 0.25) is 0 Å². The molecule has 3 rings (SSSR count). The normalized spacial score (nSPS) is 14.0. The molecule has 2 heterocycles. The molecule has 0 amide bonds. The summed E-state index contributed by atoms with van der Waals surface area (Å²) in [5.74, 6) is 0.355. The van der Waals surface area contributed by atoms with E-state index in [0.29, 0.717) is 18.1 Å². The average molecular weight is 323 g/mol. The number of fused-ring (bicyclic) bond motifs is 1. The van der Waals surface area contributed by atoms with Crippen LogP contribution in [0.4, 0.5) is 15.9 Å². The highest BCUT2D eigenvalue weighted by molar-refractivity contribution is 9.10. The predicted octanol–water partition coefficient (Wildman–Crippen LogP) is 2.77. The Bertz CT molecular complexity index is 618. The molecule has 0 spiro atoms.